The lowest BCUT2D eigenvalue weighted by molar-refractivity contribution is -0.218. The minimum absolute atomic E-state index is 0. The van der Waals surface area contributed by atoms with E-state index in [0.717, 1.165) is 6.07 Å². The molecule has 2 heterocycles. The second-order valence-corrected chi connectivity index (χ2v) is 6.68. The number of rotatable bonds is 2. The van der Waals surface area contributed by atoms with Crippen LogP contribution in [-0.2, 0) is 15.9 Å². The van der Waals surface area contributed by atoms with Crippen LogP contribution in [-0.4, -0.2) is 26.1 Å². The van der Waals surface area contributed by atoms with Gasteiger partial charge in [-0.25, -0.2) is 13.2 Å². The third kappa shape index (κ3) is 4.61. The predicted molar refractivity (Wildman–Crippen MR) is 107 cm³/mol. The minimum Gasteiger partial charge on any atom is -0.490 e. The van der Waals surface area contributed by atoms with Gasteiger partial charge in [0.25, 0.3) is 0 Å². The summed E-state index contributed by atoms with van der Waals surface area (Å²) in [5.74, 6) is -2.76. The van der Waals surface area contributed by atoms with Gasteiger partial charge in [0.05, 0.1) is 19.8 Å². The first kappa shape index (κ1) is 23.7. The maximum Gasteiger partial charge on any atom is 0.186 e. The molecule has 1 unspecified atom stereocenters. The minimum atomic E-state index is -0.976. The zero-order valence-electron chi connectivity index (χ0n) is 16.3. The molecule has 0 bridgehead atoms. The molecule has 0 aliphatic carbocycles. The lowest BCUT2D eigenvalue weighted by atomic mass is 9.93. The van der Waals surface area contributed by atoms with E-state index < -0.39 is 23.5 Å². The molecule has 0 spiro atoms. The average Bonchev–Trinajstić information content (AvgIpc) is 2.75. The van der Waals surface area contributed by atoms with E-state index in [1.165, 1.54) is 12.1 Å². The van der Waals surface area contributed by atoms with Gasteiger partial charge >= 0.3 is 0 Å². The number of hydrogen-bond acceptors (Lipinski definition) is 4. The van der Waals surface area contributed by atoms with Gasteiger partial charge in [0.15, 0.2) is 17.9 Å². The molecule has 1 fully saturated rings. The van der Waals surface area contributed by atoms with Gasteiger partial charge in [0.1, 0.15) is 23.3 Å². The van der Waals surface area contributed by atoms with Crippen molar-refractivity contribution in [3.63, 3.8) is 0 Å². The molecule has 2 aliphatic heterocycles. The maximum absolute atomic E-state index is 14.2. The number of nitrogens with zero attached hydrogens (tertiary/aromatic N) is 1. The van der Waals surface area contributed by atoms with Crippen LogP contribution in [0.1, 0.15) is 43.9 Å². The Morgan fingerprint density at radius 2 is 1.67 bits per heavy atom. The summed E-state index contributed by atoms with van der Waals surface area (Å²) in [5.41, 5.74) is 0.225. The molecule has 2 aliphatic rings. The van der Waals surface area contributed by atoms with Crippen LogP contribution in [0, 0.1) is 34.7 Å². The number of fused-ring (bicyclic) bond motifs is 1. The maximum atomic E-state index is 14.2. The Morgan fingerprint density at radius 1 is 1.00 bits per heavy atom. The van der Waals surface area contributed by atoms with Gasteiger partial charge in [-0.3, -0.25) is 0 Å². The van der Waals surface area contributed by atoms with Crippen LogP contribution in [0.5, 0.6) is 5.75 Å². The zero-order valence-corrected chi connectivity index (χ0v) is 16.3. The van der Waals surface area contributed by atoms with Crippen LogP contribution in [0.25, 0.3) is 0 Å². The molecule has 0 amide bonds. The standard InChI is InChI=1S/C20H16F3NO3.C2H6.CH4/c21-16-4-2-1-3-14(16)13-9-26-20(27-10-13)12-5-11-6-17(22)15(7-24)18(23)19(11)25-8-12;1-2;/h1-4,6,12-13,20H,5,8-10H2;1-2H3;1H4. The first-order valence-electron chi connectivity index (χ1n) is 9.60. The summed E-state index contributed by atoms with van der Waals surface area (Å²) in [5, 5.41) is 8.84. The Hall–Kier alpha value is -2.56. The van der Waals surface area contributed by atoms with E-state index in [0.29, 0.717) is 17.5 Å². The van der Waals surface area contributed by atoms with E-state index in [-0.39, 0.29) is 50.6 Å². The highest BCUT2D eigenvalue weighted by Gasteiger charge is 2.35. The predicted octanol–water partition coefficient (Wildman–Crippen LogP) is 5.35. The topological polar surface area (TPSA) is 51.5 Å². The van der Waals surface area contributed by atoms with E-state index in [4.69, 9.17) is 19.5 Å². The van der Waals surface area contributed by atoms with Crippen molar-refractivity contribution < 1.29 is 27.4 Å². The fourth-order valence-electron chi connectivity index (χ4n) is 3.54. The molecule has 30 heavy (non-hydrogen) atoms. The van der Waals surface area contributed by atoms with Crippen molar-refractivity contribution in [3.8, 4) is 11.8 Å². The Morgan fingerprint density at radius 3 is 2.30 bits per heavy atom. The van der Waals surface area contributed by atoms with Gasteiger partial charge in [-0.05, 0) is 24.1 Å². The molecule has 1 atom stereocenters. The monoisotopic (exact) mass is 421 g/mol. The van der Waals surface area contributed by atoms with E-state index in [9.17, 15) is 13.2 Å². The summed E-state index contributed by atoms with van der Waals surface area (Å²) in [6.07, 6.45) is -0.313. The van der Waals surface area contributed by atoms with Crippen molar-refractivity contribution >= 4 is 0 Å². The highest BCUT2D eigenvalue weighted by atomic mass is 19.1. The van der Waals surface area contributed by atoms with Crippen molar-refractivity contribution in [2.45, 2.75) is 39.9 Å². The fraction of sp³-hybridized carbons (Fsp3) is 0.435. The third-order valence-corrected chi connectivity index (χ3v) is 4.94. The average molecular weight is 421 g/mol. The molecule has 0 aromatic heterocycles. The fourth-order valence-corrected chi connectivity index (χ4v) is 3.54. The van der Waals surface area contributed by atoms with Gasteiger partial charge in [0, 0.05) is 17.4 Å². The Kier molecular flexibility index (Phi) is 8.27. The molecule has 2 aromatic carbocycles. The highest BCUT2D eigenvalue weighted by Crippen LogP contribution is 2.36. The van der Waals surface area contributed by atoms with Gasteiger partial charge < -0.3 is 14.2 Å². The van der Waals surface area contributed by atoms with Gasteiger partial charge in [-0.1, -0.05) is 39.5 Å². The normalized spacial score (nSPS) is 22.3. The molecule has 4 rings (SSSR count). The number of ether oxygens (including phenoxy) is 3. The van der Waals surface area contributed by atoms with Crippen LogP contribution < -0.4 is 4.74 Å². The smallest absolute Gasteiger partial charge is 0.186 e. The van der Waals surface area contributed by atoms with E-state index in [1.54, 1.807) is 18.2 Å². The van der Waals surface area contributed by atoms with Gasteiger partial charge in [0.2, 0.25) is 0 Å². The third-order valence-electron chi connectivity index (χ3n) is 4.94. The summed E-state index contributed by atoms with van der Waals surface area (Å²) in [6, 6.07) is 9.10. The number of halogens is 3. The Labute approximate surface area is 175 Å². The molecular weight excluding hydrogens is 395 g/mol. The highest BCUT2D eigenvalue weighted by molar-refractivity contribution is 5.46. The molecule has 0 saturated carbocycles. The van der Waals surface area contributed by atoms with E-state index >= 15 is 0 Å². The Balaban J connectivity index is 0.00000104. The SMILES string of the molecule is C.CC.N#Cc1c(F)cc2c(c1F)OCC(C1OCC(c3ccccc3F)CO1)C2. The van der Waals surface area contributed by atoms with Crippen LogP contribution >= 0.6 is 0 Å². The van der Waals surface area contributed by atoms with Crippen LogP contribution in [0.15, 0.2) is 30.3 Å². The summed E-state index contributed by atoms with van der Waals surface area (Å²) >= 11 is 0. The summed E-state index contributed by atoms with van der Waals surface area (Å²) < 4.78 is 58.9. The van der Waals surface area contributed by atoms with Crippen LogP contribution in [0.3, 0.4) is 0 Å². The molecule has 0 N–H and O–H groups in total. The second kappa shape index (κ2) is 10.5. The van der Waals surface area contributed by atoms with Crippen molar-refractivity contribution in [2.24, 2.45) is 5.92 Å². The molecule has 2 aromatic rings. The molecular formula is C23H26F3NO3. The largest absolute Gasteiger partial charge is 0.490 e. The van der Waals surface area contributed by atoms with Crippen molar-refractivity contribution in [2.75, 3.05) is 19.8 Å². The molecule has 4 nitrogen and oxygen atoms in total. The first-order valence-corrected chi connectivity index (χ1v) is 9.60. The van der Waals surface area contributed by atoms with E-state index in [1.807, 2.05) is 13.8 Å². The van der Waals surface area contributed by atoms with Crippen molar-refractivity contribution in [1.29, 1.82) is 5.26 Å². The van der Waals surface area contributed by atoms with Gasteiger partial charge in [-0.15, -0.1) is 0 Å². The van der Waals surface area contributed by atoms with E-state index in [2.05, 4.69) is 0 Å². The Bertz CT molecular complexity index is 905. The number of nitriles is 1. The lowest BCUT2D eigenvalue weighted by Crippen LogP contribution is -2.41. The van der Waals surface area contributed by atoms with Crippen LogP contribution in [0.4, 0.5) is 13.2 Å². The quantitative estimate of drug-likeness (QED) is 0.656. The summed E-state index contributed by atoms with van der Waals surface area (Å²) in [7, 11) is 0. The lowest BCUT2D eigenvalue weighted by Gasteiger charge is -2.36. The van der Waals surface area contributed by atoms with Crippen LogP contribution in [0.2, 0.25) is 0 Å². The van der Waals surface area contributed by atoms with Crippen molar-refractivity contribution in [1.82, 2.24) is 0 Å². The zero-order chi connectivity index (χ0) is 21.0. The summed E-state index contributed by atoms with van der Waals surface area (Å²) in [6.45, 7) is 4.69. The number of hydrogen-bond donors (Lipinski definition) is 0. The molecule has 1 saturated heterocycles. The van der Waals surface area contributed by atoms with Crippen molar-refractivity contribution in [3.05, 3.63) is 64.5 Å². The molecule has 162 valence electrons. The number of benzene rings is 2. The first-order chi connectivity index (χ1) is 14.1. The summed E-state index contributed by atoms with van der Waals surface area (Å²) in [4.78, 5) is 0. The second-order valence-electron chi connectivity index (χ2n) is 6.68. The van der Waals surface area contributed by atoms with Gasteiger partial charge in [-0.2, -0.15) is 5.26 Å². The molecule has 0 radical (unpaired) electrons. The molecule has 7 heteroatoms.